The molecule has 0 nitrogen and oxygen atoms in total. The van der Waals surface area contributed by atoms with Crippen molar-refractivity contribution >= 4 is 12.2 Å². The minimum absolute atomic E-state index is 1.18. The molecule has 3 rings (SSSR count). The summed E-state index contributed by atoms with van der Waals surface area (Å²) in [5.74, 6) is 0. The largest absolute Gasteiger partial charge is 0.0655 e. The van der Waals surface area contributed by atoms with Crippen LogP contribution in [0.2, 0.25) is 0 Å². The van der Waals surface area contributed by atoms with Gasteiger partial charge in [-0.2, -0.15) is 0 Å². The van der Waals surface area contributed by atoms with Gasteiger partial charge >= 0.3 is 0 Å². The van der Waals surface area contributed by atoms with E-state index in [9.17, 15) is 0 Å². The lowest BCUT2D eigenvalue weighted by atomic mass is 9.90. The molecule has 0 saturated heterocycles. The third kappa shape index (κ3) is 1.51. The van der Waals surface area contributed by atoms with Gasteiger partial charge < -0.3 is 0 Å². The van der Waals surface area contributed by atoms with Crippen LogP contribution in [0, 0.1) is 13.8 Å². The van der Waals surface area contributed by atoms with Gasteiger partial charge in [0.2, 0.25) is 0 Å². The summed E-state index contributed by atoms with van der Waals surface area (Å²) in [4.78, 5) is 0. The Hall–Kier alpha value is -1.30. The van der Waals surface area contributed by atoms with Crippen LogP contribution in [0.3, 0.4) is 0 Å². The number of fused-ring (bicyclic) bond motifs is 2. The molecule has 0 heteroatoms. The number of hydrogen-bond acceptors (Lipinski definition) is 0. The zero-order valence-corrected chi connectivity index (χ0v) is 12.0. The fraction of sp³-hybridized carbons (Fsp3) is 0.444. The molecule has 0 spiro atoms. The van der Waals surface area contributed by atoms with E-state index in [-0.39, 0.29) is 0 Å². The lowest BCUT2D eigenvalue weighted by molar-refractivity contribution is 1.01. The zero-order chi connectivity index (χ0) is 12.9. The van der Waals surface area contributed by atoms with Gasteiger partial charge in [0, 0.05) is 0 Å². The molecule has 0 bridgehead atoms. The van der Waals surface area contributed by atoms with E-state index in [1.165, 1.54) is 47.9 Å². The van der Waals surface area contributed by atoms with Crippen molar-refractivity contribution in [1.29, 1.82) is 0 Å². The Morgan fingerprint density at radius 3 is 1.50 bits per heavy atom. The van der Waals surface area contributed by atoms with Crippen molar-refractivity contribution in [3.8, 4) is 0 Å². The van der Waals surface area contributed by atoms with Gasteiger partial charge in [0.15, 0.2) is 0 Å². The first-order valence-corrected chi connectivity index (χ1v) is 7.19. The zero-order valence-electron chi connectivity index (χ0n) is 12.0. The van der Waals surface area contributed by atoms with Crippen LogP contribution in [-0.4, -0.2) is 0 Å². The van der Waals surface area contributed by atoms with Crippen LogP contribution in [0.25, 0.3) is 12.2 Å². The average molecular weight is 238 g/mol. The Balaban J connectivity index is 2.18. The molecule has 0 radical (unpaired) electrons. The Morgan fingerprint density at radius 2 is 1.17 bits per heavy atom. The molecule has 0 unspecified atom stereocenters. The van der Waals surface area contributed by atoms with Gasteiger partial charge in [0.05, 0.1) is 0 Å². The summed E-state index contributed by atoms with van der Waals surface area (Å²) in [6.07, 6.45) is 9.63. The Kier molecular flexibility index (Phi) is 2.69. The smallest absolute Gasteiger partial charge is 0.00550 e. The van der Waals surface area contributed by atoms with Crippen molar-refractivity contribution in [1.82, 2.24) is 0 Å². The van der Waals surface area contributed by atoms with Gasteiger partial charge in [-0.1, -0.05) is 37.1 Å². The Morgan fingerprint density at radius 1 is 0.778 bits per heavy atom. The van der Waals surface area contributed by atoms with Crippen molar-refractivity contribution in [3.63, 3.8) is 0 Å². The molecule has 0 aliphatic heterocycles. The molecule has 0 aromatic heterocycles. The molecule has 2 aliphatic carbocycles. The highest BCUT2D eigenvalue weighted by Crippen LogP contribution is 2.40. The standard InChI is InChI=1S/C18H22/c1-5-13-7-15-11(3)17-9-14(6-2)10-18(17)12(4)16(15)8-13/h7,10H,5-6,8-9H2,1-4H3. The van der Waals surface area contributed by atoms with Crippen LogP contribution >= 0.6 is 0 Å². The van der Waals surface area contributed by atoms with Gasteiger partial charge in [-0.3, -0.25) is 0 Å². The molecule has 0 atom stereocenters. The van der Waals surface area contributed by atoms with Crippen LogP contribution in [0.15, 0.2) is 11.1 Å². The molecule has 0 fully saturated rings. The van der Waals surface area contributed by atoms with Crippen LogP contribution in [-0.2, 0) is 12.8 Å². The molecule has 0 amide bonds. The van der Waals surface area contributed by atoms with Crippen molar-refractivity contribution in [2.24, 2.45) is 0 Å². The predicted molar refractivity (Wildman–Crippen MR) is 79.9 cm³/mol. The molecular formula is C18H22. The summed E-state index contributed by atoms with van der Waals surface area (Å²) >= 11 is 0. The Bertz CT molecular complexity index is 529. The highest BCUT2D eigenvalue weighted by molar-refractivity contribution is 5.78. The number of hydrogen-bond donors (Lipinski definition) is 0. The van der Waals surface area contributed by atoms with Crippen molar-refractivity contribution in [3.05, 3.63) is 44.5 Å². The van der Waals surface area contributed by atoms with Crippen LogP contribution in [0.5, 0.6) is 0 Å². The second-order valence-corrected chi connectivity index (χ2v) is 5.70. The maximum Gasteiger partial charge on any atom is -0.00550 e. The van der Waals surface area contributed by atoms with Gasteiger partial charge in [0.1, 0.15) is 0 Å². The van der Waals surface area contributed by atoms with Crippen LogP contribution in [0.1, 0.15) is 60.1 Å². The van der Waals surface area contributed by atoms with Crippen LogP contribution in [0.4, 0.5) is 0 Å². The first kappa shape index (κ1) is 11.8. The lowest BCUT2D eigenvalue weighted by Gasteiger charge is -2.14. The van der Waals surface area contributed by atoms with E-state index in [1.807, 2.05) is 0 Å². The van der Waals surface area contributed by atoms with Crippen molar-refractivity contribution < 1.29 is 0 Å². The monoisotopic (exact) mass is 238 g/mol. The van der Waals surface area contributed by atoms with Gasteiger partial charge in [0.25, 0.3) is 0 Å². The number of allylic oxidation sites excluding steroid dienone is 2. The average Bonchev–Trinajstić information content (AvgIpc) is 3.00. The number of benzene rings is 1. The molecule has 1 aromatic rings. The Labute approximate surface area is 110 Å². The summed E-state index contributed by atoms with van der Waals surface area (Å²) < 4.78 is 0. The van der Waals surface area contributed by atoms with Gasteiger partial charge in [-0.25, -0.2) is 0 Å². The SMILES string of the molecule is CCC1=Cc2c(C)c3c(c(C)c2C1)C=C(CC)C3. The topological polar surface area (TPSA) is 0 Å². The number of rotatable bonds is 2. The summed E-state index contributed by atoms with van der Waals surface area (Å²) in [6, 6.07) is 0. The summed E-state index contributed by atoms with van der Waals surface area (Å²) in [5, 5.41) is 0. The van der Waals surface area contributed by atoms with E-state index in [1.54, 1.807) is 22.3 Å². The maximum absolute atomic E-state index is 2.45. The van der Waals surface area contributed by atoms with E-state index in [4.69, 9.17) is 0 Å². The quantitative estimate of drug-likeness (QED) is 0.680. The van der Waals surface area contributed by atoms with E-state index in [0.29, 0.717) is 0 Å². The summed E-state index contributed by atoms with van der Waals surface area (Å²) in [7, 11) is 0. The minimum Gasteiger partial charge on any atom is -0.0655 e. The first-order valence-electron chi connectivity index (χ1n) is 7.19. The summed E-state index contributed by atoms with van der Waals surface area (Å²) in [5.41, 5.74) is 12.5. The highest BCUT2D eigenvalue weighted by Gasteiger charge is 2.24. The lowest BCUT2D eigenvalue weighted by Crippen LogP contribution is -2.00. The second kappa shape index (κ2) is 4.12. The molecule has 0 saturated carbocycles. The van der Waals surface area contributed by atoms with Crippen LogP contribution < -0.4 is 0 Å². The third-order valence-electron chi connectivity index (χ3n) is 4.78. The van der Waals surface area contributed by atoms with Crippen molar-refractivity contribution in [2.45, 2.75) is 53.4 Å². The first-order chi connectivity index (χ1) is 8.65. The van der Waals surface area contributed by atoms with Gasteiger partial charge in [-0.15, -0.1) is 0 Å². The molecule has 2 aliphatic rings. The molecular weight excluding hydrogens is 216 g/mol. The second-order valence-electron chi connectivity index (χ2n) is 5.70. The highest BCUT2D eigenvalue weighted by atomic mass is 14.3. The molecule has 0 N–H and O–H groups in total. The predicted octanol–water partition coefficient (Wildman–Crippen LogP) is 5.00. The molecule has 94 valence electrons. The minimum atomic E-state index is 1.18. The van der Waals surface area contributed by atoms with E-state index >= 15 is 0 Å². The van der Waals surface area contributed by atoms with Crippen molar-refractivity contribution in [2.75, 3.05) is 0 Å². The van der Waals surface area contributed by atoms with Gasteiger partial charge in [-0.05, 0) is 72.9 Å². The van der Waals surface area contributed by atoms with E-state index in [2.05, 4.69) is 39.8 Å². The normalized spacial score (nSPS) is 16.4. The maximum atomic E-state index is 2.45. The van der Waals surface area contributed by atoms with E-state index < -0.39 is 0 Å². The molecule has 1 aromatic carbocycles. The van der Waals surface area contributed by atoms with E-state index in [0.717, 1.165) is 0 Å². The summed E-state index contributed by atoms with van der Waals surface area (Å²) in [6.45, 7) is 9.17. The fourth-order valence-electron chi connectivity index (χ4n) is 3.45. The third-order valence-corrected chi connectivity index (χ3v) is 4.78. The molecule has 0 heterocycles. The fourth-order valence-corrected chi connectivity index (χ4v) is 3.45. The molecule has 18 heavy (non-hydrogen) atoms.